The summed E-state index contributed by atoms with van der Waals surface area (Å²) in [7, 11) is -1.87. The van der Waals surface area contributed by atoms with Crippen LogP contribution in [0.4, 0.5) is 11.4 Å². The molecule has 0 unspecified atom stereocenters. The van der Waals surface area contributed by atoms with Crippen molar-refractivity contribution in [3.05, 3.63) is 54.1 Å². The van der Waals surface area contributed by atoms with Crippen LogP contribution in [-0.4, -0.2) is 33.7 Å². The molecule has 2 rings (SSSR count). The minimum atomic E-state index is -3.34. The summed E-state index contributed by atoms with van der Waals surface area (Å²) in [5, 5.41) is 11.5. The second-order valence-electron chi connectivity index (χ2n) is 6.26. The van der Waals surface area contributed by atoms with Crippen molar-refractivity contribution in [2.24, 2.45) is 0 Å². The maximum absolute atomic E-state index is 12.5. The molecule has 1 amide bonds. The lowest BCUT2D eigenvalue weighted by Crippen LogP contribution is -2.32. The molecule has 0 aromatic heterocycles. The number of carbonyl (C=O) groups is 1. The summed E-state index contributed by atoms with van der Waals surface area (Å²) in [5.41, 5.74) is 2.01. The van der Waals surface area contributed by atoms with Gasteiger partial charge in [0.15, 0.2) is 6.10 Å². The van der Waals surface area contributed by atoms with Crippen LogP contribution in [0, 0.1) is 11.3 Å². The van der Waals surface area contributed by atoms with Gasteiger partial charge in [0.05, 0.1) is 24.4 Å². The van der Waals surface area contributed by atoms with Gasteiger partial charge in [-0.25, -0.2) is 8.42 Å². The van der Waals surface area contributed by atoms with E-state index in [0.29, 0.717) is 30.0 Å². The molecule has 0 radical (unpaired) electrons. The Morgan fingerprint density at radius 3 is 2.29 bits per heavy atom. The van der Waals surface area contributed by atoms with Crippen molar-refractivity contribution in [3.8, 4) is 11.8 Å². The number of amides is 1. The summed E-state index contributed by atoms with van der Waals surface area (Å²) >= 11 is 0. The van der Waals surface area contributed by atoms with Gasteiger partial charge in [0, 0.05) is 12.7 Å². The van der Waals surface area contributed by atoms with E-state index in [1.165, 1.54) is 7.05 Å². The third-order valence-electron chi connectivity index (χ3n) is 4.14. The topological polar surface area (TPSA) is 99.5 Å². The van der Waals surface area contributed by atoms with Crippen molar-refractivity contribution in [2.75, 3.05) is 22.9 Å². The number of sulfonamides is 1. The number of hydrogen-bond acceptors (Lipinski definition) is 5. The molecule has 0 aliphatic rings. The number of nitriles is 1. The Bertz CT molecular complexity index is 948. The fourth-order valence-corrected chi connectivity index (χ4v) is 2.94. The lowest BCUT2D eigenvalue weighted by Gasteiger charge is -2.19. The quantitative estimate of drug-likeness (QED) is 0.733. The van der Waals surface area contributed by atoms with Crippen LogP contribution in [0.5, 0.6) is 5.75 Å². The lowest BCUT2D eigenvalue weighted by atomic mass is 10.1. The zero-order chi connectivity index (χ0) is 20.7. The molecule has 0 aliphatic carbocycles. The molecule has 0 spiro atoms. The number of rotatable bonds is 8. The van der Waals surface area contributed by atoms with Gasteiger partial charge in [0.25, 0.3) is 5.91 Å². The summed E-state index contributed by atoms with van der Waals surface area (Å²) in [6, 6.07) is 15.6. The van der Waals surface area contributed by atoms with Gasteiger partial charge in [-0.05, 0) is 48.4 Å². The fraction of sp³-hybridized carbons (Fsp3) is 0.300. The van der Waals surface area contributed by atoms with Gasteiger partial charge >= 0.3 is 0 Å². The molecule has 2 aromatic carbocycles. The number of hydrogen-bond donors (Lipinski definition) is 1. The Hall–Kier alpha value is -3.05. The van der Waals surface area contributed by atoms with Gasteiger partial charge in [-0.1, -0.05) is 19.1 Å². The van der Waals surface area contributed by atoms with E-state index in [-0.39, 0.29) is 5.91 Å². The van der Waals surface area contributed by atoms with E-state index in [1.807, 2.05) is 6.92 Å². The van der Waals surface area contributed by atoms with E-state index in [4.69, 9.17) is 10.00 Å². The molecule has 148 valence electrons. The van der Waals surface area contributed by atoms with Gasteiger partial charge in [-0.3, -0.25) is 9.10 Å². The highest BCUT2D eigenvalue weighted by Crippen LogP contribution is 2.22. The van der Waals surface area contributed by atoms with Crippen LogP contribution in [0.2, 0.25) is 0 Å². The van der Waals surface area contributed by atoms with Crippen LogP contribution < -0.4 is 14.4 Å². The summed E-state index contributed by atoms with van der Waals surface area (Å²) in [5.74, 6) is 0.185. The fourth-order valence-electron chi connectivity index (χ4n) is 2.43. The first-order chi connectivity index (χ1) is 13.2. The summed E-state index contributed by atoms with van der Waals surface area (Å²) in [4.78, 5) is 12.5. The maximum atomic E-state index is 12.5. The van der Waals surface area contributed by atoms with Crippen LogP contribution in [0.1, 0.15) is 18.9 Å². The Kier molecular flexibility index (Phi) is 7.01. The Balaban J connectivity index is 2.03. The number of carbonyl (C=O) groups excluding carboxylic acids is 1. The number of ether oxygens (including phenoxy) is 1. The molecule has 0 fully saturated rings. The normalized spacial score (nSPS) is 11.9. The predicted molar refractivity (Wildman–Crippen MR) is 109 cm³/mol. The predicted octanol–water partition coefficient (Wildman–Crippen LogP) is 2.94. The van der Waals surface area contributed by atoms with Gasteiger partial charge in [-0.15, -0.1) is 0 Å². The second-order valence-corrected chi connectivity index (χ2v) is 8.27. The molecule has 7 nitrogen and oxygen atoms in total. The van der Waals surface area contributed by atoms with Gasteiger partial charge in [-0.2, -0.15) is 5.26 Å². The Morgan fingerprint density at radius 1 is 1.18 bits per heavy atom. The third-order valence-corrected chi connectivity index (χ3v) is 5.35. The Morgan fingerprint density at radius 2 is 1.79 bits per heavy atom. The molecule has 0 bridgehead atoms. The molecule has 0 saturated carbocycles. The van der Waals surface area contributed by atoms with E-state index >= 15 is 0 Å². The molecular weight excluding hydrogens is 378 g/mol. The minimum absolute atomic E-state index is 0.284. The molecule has 2 aromatic rings. The molecule has 0 heterocycles. The van der Waals surface area contributed by atoms with E-state index < -0.39 is 16.1 Å². The molecular formula is C20H23N3O4S. The van der Waals surface area contributed by atoms with Crippen molar-refractivity contribution >= 4 is 27.3 Å². The zero-order valence-electron chi connectivity index (χ0n) is 16.0. The number of anilines is 2. The van der Waals surface area contributed by atoms with Crippen LogP contribution in [0.3, 0.4) is 0 Å². The lowest BCUT2D eigenvalue weighted by molar-refractivity contribution is -0.122. The first kappa shape index (κ1) is 21.3. The largest absolute Gasteiger partial charge is 0.481 e. The monoisotopic (exact) mass is 401 g/mol. The zero-order valence-corrected chi connectivity index (χ0v) is 16.9. The van der Waals surface area contributed by atoms with Crippen molar-refractivity contribution in [1.29, 1.82) is 5.26 Å². The van der Waals surface area contributed by atoms with E-state index in [2.05, 4.69) is 11.4 Å². The molecule has 1 N–H and O–H groups in total. The van der Waals surface area contributed by atoms with E-state index in [9.17, 15) is 13.2 Å². The number of benzene rings is 2. The highest BCUT2D eigenvalue weighted by atomic mass is 32.2. The second kappa shape index (κ2) is 9.24. The standard InChI is InChI=1S/C20H23N3O4S/c1-4-19(20(24)22-16-7-5-15(6-8-16)13-14-21)27-18-11-9-17(10-12-18)23(2)28(3,25)26/h5-12,19H,4,13H2,1-3H3,(H,22,24)/t19-/m1/s1. The smallest absolute Gasteiger partial charge is 0.265 e. The van der Waals surface area contributed by atoms with Crippen LogP contribution in [-0.2, 0) is 21.2 Å². The molecule has 0 aliphatic heterocycles. The minimum Gasteiger partial charge on any atom is -0.481 e. The van der Waals surface area contributed by atoms with Crippen molar-refractivity contribution in [1.82, 2.24) is 0 Å². The van der Waals surface area contributed by atoms with Crippen LogP contribution in [0.15, 0.2) is 48.5 Å². The van der Waals surface area contributed by atoms with Crippen molar-refractivity contribution < 1.29 is 17.9 Å². The van der Waals surface area contributed by atoms with Gasteiger partial charge in [0.1, 0.15) is 5.75 Å². The molecule has 8 heteroatoms. The molecule has 28 heavy (non-hydrogen) atoms. The summed E-state index contributed by atoms with van der Waals surface area (Å²) < 4.78 is 30.1. The van der Waals surface area contributed by atoms with E-state index in [0.717, 1.165) is 16.1 Å². The highest BCUT2D eigenvalue weighted by Gasteiger charge is 2.19. The van der Waals surface area contributed by atoms with Crippen LogP contribution in [0.25, 0.3) is 0 Å². The van der Waals surface area contributed by atoms with Crippen molar-refractivity contribution in [3.63, 3.8) is 0 Å². The Labute approximate surface area is 165 Å². The van der Waals surface area contributed by atoms with E-state index in [1.54, 1.807) is 48.5 Å². The third kappa shape index (κ3) is 5.72. The highest BCUT2D eigenvalue weighted by molar-refractivity contribution is 7.92. The first-order valence-corrected chi connectivity index (χ1v) is 10.6. The van der Waals surface area contributed by atoms with Crippen LogP contribution >= 0.6 is 0 Å². The SMILES string of the molecule is CC[C@@H](Oc1ccc(N(C)S(C)(=O)=O)cc1)C(=O)Nc1ccc(CC#N)cc1. The molecule has 0 saturated heterocycles. The average Bonchev–Trinajstić information content (AvgIpc) is 2.67. The summed E-state index contributed by atoms with van der Waals surface area (Å²) in [6.07, 6.45) is 1.21. The number of nitrogens with one attached hydrogen (secondary N) is 1. The summed E-state index contributed by atoms with van der Waals surface area (Å²) in [6.45, 7) is 1.84. The van der Waals surface area contributed by atoms with Crippen molar-refractivity contribution in [2.45, 2.75) is 25.9 Å². The molecule has 1 atom stereocenters. The first-order valence-electron chi connectivity index (χ1n) is 8.72. The van der Waals surface area contributed by atoms with Gasteiger partial charge < -0.3 is 10.1 Å². The van der Waals surface area contributed by atoms with Gasteiger partial charge in [0.2, 0.25) is 10.0 Å². The number of nitrogens with zero attached hydrogens (tertiary/aromatic N) is 2. The maximum Gasteiger partial charge on any atom is 0.265 e. The average molecular weight is 401 g/mol.